The first kappa shape index (κ1) is 12.3. The fourth-order valence-corrected chi connectivity index (χ4v) is 2.10. The molecule has 0 atom stereocenters. The molecule has 1 aromatic heterocycles. The van der Waals surface area contributed by atoms with Crippen molar-refractivity contribution in [2.24, 2.45) is 0 Å². The number of amides is 1. The summed E-state index contributed by atoms with van der Waals surface area (Å²) >= 11 is 1.35. The van der Waals surface area contributed by atoms with E-state index in [0.29, 0.717) is 10.4 Å². The molecule has 0 aliphatic heterocycles. The first-order valence-corrected chi connectivity index (χ1v) is 6.10. The fraction of sp³-hybridized carbons (Fsp3) is 0.0833. The molecule has 0 radical (unpaired) electrons. The molecule has 92 valence electrons. The van der Waals surface area contributed by atoms with Crippen LogP contribution in [0.2, 0.25) is 0 Å². The molecule has 6 heteroatoms. The van der Waals surface area contributed by atoms with Gasteiger partial charge in [0, 0.05) is 18.7 Å². The molecule has 1 aromatic carbocycles. The third-order valence-electron chi connectivity index (χ3n) is 2.32. The first-order valence-electron chi connectivity index (χ1n) is 5.22. The number of hydrogen-bond acceptors (Lipinski definition) is 4. The van der Waals surface area contributed by atoms with E-state index in [2.05, 4.69) is 5.32 Å². The van der Waals surface area contributed by atoms with Crippen LogP contribution in [0, 0.1) is 10.1 Å². The number of nitro groups is 1. The molecule has 0 fully saturated rings. The minimum atomic E-state index is -0.454. The number of nitro benzene ring substituents is 1. The van der Waals surface area contributed by atoms with Crippen molar-refractivity contribution in [1.29, 1.82) is 0 Å². The van der Waals surface area contributed by atoms with Gasteiger partial charge in [-0.1, -0.05) is 18.2 Å². The highest BCUT2D eigenvalue weighted by atomic mass is 32.1. The Bertz CT molecular complexity index is 566. The summed E-state index contributed by atoms with van der Waals surface area (Å²) < 4.78 is 0. The lowest BCUT2D eigenvalue weighted by Gasteiger charge is -2.03. The highest BCUT2D eigenvalue weighted by Crippen LogP contribution is 2.13. The van der Waals surface area contributed by atoms with Crippen molar-refractivity contribution in [1.82, 2.24) is 5.32 Å². The fourth-order valence-electron chi connectivity index (χ4n) is 1.46. The number of thiophene rings is 1. The maximum atomic E-state index is 11.7. The third-order valence-corrected chi connectivity index (χ3v) is 3.19. The molecular formula is C12H10N2O3S. The molecule has 0 aliphatic carbocycles. The monoisotopic (exact) mass is 262 g/mol. The van der Waals surface area contributed by atoms with Gasteiger partial charge in [0.2, 0.25) is 0 Å². The highest BCUT2D eigenvalue weighted by Gasteiger charge is 2.08. The largest absolute Gasteiger partial charge is 0.347 e. The van der Waals surface area contributed by atoms with E-state index in [9.17, 15) is 14.9 Å². The van der Waals surface area contributed by atoms with Crippen LogP contribution < -0.4 is 5.32 Å². The second kappa shape index (κ2) is 5.42. The number of nitrogens with one attached hydrogen (secondary N) is 1. The summed E-state index contributed by atoms with van der Waals surface area (Å²) in [6, 6.07) is 9.74. The molecule has 0 saturated carbocycles. The molecule has 2 rings (SSSR count). The third kappa shape index (κ3) is 2.92. The number of carbonyl (C=O) groups is 1. The average Bonchev–Trinajstić information content (AvgIpc) is 2.90. The van der Waals surface area contributed by atoms with Gasteiger partial charge in [-0.15, -0.1) is 11.3 Å². The number of benzene rings is 1. The van der Waals surface area contributed by atoms with Crippen LogP contribution in [0.25, 0.3) is 0 Å². The Morgan fingerprint density at radius 2 is 2.17 bits per heavy atom. The number of nitrogens with zero attached hydrogens (tertiary/aromatic N) is 1. The van der Waals surface area contributed by atoms with Gasteiger partial charge in [0.05, 0.1) is 9.80 Å². The maximum absolute atomic E-state index is 11.7. The van der Waals surface area contributed by atoms with Crippen LogP contribution in [0.4, 0.5) is 5.69 Å². The molecule has 0 saturated heterocycles. The molecule has 0 aliphatic rings. The molecule has 0 unspecified atom stereocenters. The number of non-ortho nitro benzene ring substituents is 1. The molecule has 18 heavy (non-hydrogen) atoms. The van der Waals surface area contributed by atoms with Gasteiger partial charge in [0.15, 0.2) is 0 Å². The highest BCUT2D eigenvalue weighted by molar-refractivity contribution is 7.12. The summed E-state index contributed by atoms with van der Waals surface area (Å²) in [6.07, 6.45) is 0. The van der Waals surface area contributed by atoms with E-state index in [0.717, 1.165) is 0 Å². The molecular weight excluding hydrogens is 252 g/mol. The Kier molecular flexibility index (Phi) is 3.69. The zero-order chi connectivity index (χ0) is 13.0. The zero-order valence-corrected chi connectivity index (χ0v) is 10.1. The van der Waals surface area contributed by atoms with Crippen molar-refractivity contribution in [3.8, 4) is 0 Å². The van der Waals surface area contributed by atoms with Gasteiger partial charge in [-0.05, 0) is 17.0 Å². The lowest BCUT2D eigenvalue weighted by atomic mass is 10.2. The van der Waals surface area contributed by atoms with E-state index in [1.807, 2.05) is 5.38 Å². The standard InChI is InChI=1S/C12H10N2O3S/c15-12(11-5-2-6-18-11)13-8-9-3-1-4-10(7-9)14(16)17/h1-7H,8H2,(H,13,15). The number of hydrogen-bond donors (Lipinski definition) is 1. The Labute approximate surface area is 107 Å². The minimum Gasteiger partial charge on any atom is -0.347 e. The van der Waals surface area contributed by atoms with E-state index < -0.39 is 4.92 Å². The summed E-state index contributed by atoms with van der Waals surface area (Å²) in [5, 5.41) is 15.1. The smallest absolute Gasteiger partial charge is 0.269 e. The molecule has 5 nitrogen and oxygen atoms in total. The van der Waals surface area contributed by atoms with E-state index >= 15 is 0 Å². The Hall–Kier alpha value is -2.21. The molecule has 1 heterocycles. The predicted octanol–water partition coefficient (Wildman–Crippen LogP) is 2.59. The maximum Gasteiger partial charge on any atom is 0.269 e. The van der Waals surface area contributed by atoms with Gasteiger partial charge >= 0.3 is 0 Å². The van der Waals surface area contributed by atoms with Crippen LogP contribution in [0.1, 0.15) is 15.2 Å². The number of carbonyl (C=O) groups excluding carboxylic acids is 1. The van der Waals surface area contributed by atoms with E-state index in [1.54, 1.807) is 24.3 Å². The Balaban J connectivity index is 2.00. The van der Waals surface area contributed by atoms with Gasteiger partial charge in [-0.25, -0.2) is 0 Å². The first-order chi connectivity index (χ1) is 8.66. The second-order valence-electron chi connectivity index (χ2n) is 3.59. The lowest BCUT2D eigenvalue weighted by molar-refractivity contribution is -0.384. The van der Waals surface area contributed by atoms with Crippen molar-refractivity contribution < 1.29 is 9.72 Å². The summed E-state index contributed by atoms with van der Waals surface area (Å²) in [6.45, 7) is 0.276. The summed E-state index contributed by atoms with van der Waals surface area (Å²) in [5.74, 6) is -0.170. The van der Waals surface area contributed by atoms with Gasteiger partial charge < -0.3 is 5.32 Å². The van der Waals surface area contributed by atoms with Crippen molar-refractivity contribution in [3.05, 3.63) is 62.3 Å². The lowest BCUT2D eigenvalue weighted by Crippen LogP contribution is -2.21. The van der Waals surface area contributed by atoms with Crippen molar-refractivity contribution in [2.75, 3.05) is 0 Å². The van der Waals surface area contributed by atoms with Crippen molar-refractivity contribution >= 4 is 22.9 Å². The topological polar surface area (TPSA) is 72.2 Å². The number of rotatable bonds is 4. The van der Waals surface area contributed by atoms with Crippen LogP contribution in [-0.4, -0.2) is 10.8 Å². The molecule has 0 bridgehead atoms. The average molecular weight is 262 g/mol. The summed E-state index contributed by atoms with van der Waals surface area (Å²) in [7, 11) is 0. The Morgan fingerprint density at radius 1 is 1.33 bits per heavy atom. The van der Waals surface area contributed by atoms with Crippen LogP contribution in [0.5, 0.6) is 0 Å². The van der Waals surface area contributed by atoms with Crippen LogP contribution in [0.3, 0.4) is 0 Å². The van der Waals surface area contributed by atoms with Gasteiger partial charge in [-0.3, -0.25) is 14.9 Å². The van der Waals surface area contributed by atoms with E-state index in [4.69, 9.17) is 0 Å². The van der Waals surface area contributed by atoms with Crippen LogP contribution >= 0.6 is 11.3 Å². The minimum absolute atomic E-state index is 0.0258. The SMILES string of the molecule is O=C(NCc1cccc([N+](=O)[O-])c1)c1cccs1. The normalized spacial score (nSPS) is 10.0. The quantitative estimate of drug-likeness (QED) is 0.680. The molecule has 1 amide bonds. The second-order valence-corrected chi connectivity index (χ2v) is 4.53. The van der Waals surface area contributed by atoms with Crippen molar-refractivity contribution in [2.45, 2.75) is 6.54 Å². The van der Waals surface area contributed by atoms with Crippen LogP contribution in [-0.2, 0) is 6.54 Å². The zero-order valence-electron chi connectivity index (χ0n) is 9.33. The van der Waals surface area contributed by atoms with Gasteiger partial charge in [0.1, 0.15) is 0 Å². The predicted molar refractivity (Wildman–Crippen MR) is 68.6 cm³/mol. The molecule has 0 spiro atoms. The van der Waals surface area contributed by atoms with Gasteiger partial charge in [0.25, 0.3) is 11.6 Å². The summed E-state index contributed by atoms with van der Waals surface area (Å²) in [4.78, 5) is 22.4. The molecule has 2 aromatic rings. The van der Waals surface area contributed by atoms with Crippen LogP contribution in [0.15, 0.2) is 41.8 Å². The van der Waals surface area contributed by atoms with E-state index in [-0.39, 0.29) is 18.1 Å². The summed E-state index contributed by atoms with van der Waals surface area (Å²) in [5.41, 5.74) is 0.729. The Morgan fingerprint density at radius 3 is 2.83 bits per heavy atom. The van der Waals surface area contributed by atoms with Crippen molar-refractivity contribution in [3.63, 3.8) is 0 Å². The van der Waals surface area contributed by atoms with E-state index in [1.165, 1.54) is 23.5 Å². The molecule has 1 N–H and O–H groups in total. The van der Waals surface area contributed by atoms with Gasteiger partial charge in [-0.2, -0.15) is 0 Å².